The summed E-state index contributed by atoms with van der Waals surface area (Å²) in [6, 6.07) is 4.91. The van der Waals surface area contributed by atoms with Gasteiger partial charge in [0.2, 0.25) is 10.0 Å². The molecule has 1 N–H and O–H groups in total. The van der Waals surface area contributed by atoms with Crippen LogP contribution in [0.2, 0.25) is 0 Å². The van der Waals surface area contributed by atoms with Crippen molar-refractivity contribution in [1.29, 1.82) is 0 Å². The predicted molar refractivity (Wildman–Crippen MR) is 79.5 cm³/mol. The minimum atomic E-state index is -3.73. The van der Waals surface area contributed by atoms with Gasteiger partial charge in [0.1, 0.15) is 10.6 Å². The molecule has 0 amide bonds. The van der Waals surface area contributed by atoms with Crippen molar-refractivity contribution in [2.24, 2.45) is 5.92 Å². The van der Waals surface area contributed by atoms with Gasteiger partial charge in [0.25, 0.3) is 0 Å². The lowest BCUT2D eigenvalue weighted by molar-refractivity contribution is -0.141. The summed E-state index contributed by atoms with van der Waals surface area (Å²) in [7, 11) is -2.31. The van der Waals surface area contributed by atoms with Gasteiger partial charge in [-0.3, -0.25) is 4.79 Å². The Morgan fingerprint density at radius 3 is 2.62 bits per heavy atom. The Bertz CT molecular complexity index is 631. The zero-order valence-corrected chi connectivity index (χ0v) is 13.4. The molecule has 6 nitrogen and oxygen atoms in total. The van der Waals surface area contributed by atoms with E-state index in [4.69, 9.17) is 9.84 Å². The number of sulfonamides is 1. The molecule has 1 atom stereocenters. The number of rotatable bonds is 4. The van der Waals surface area contributed by atoms with E-state index in [0.717, 1.165) is 5.56 Å². The second-order valence-corrected chi connectivity index (χ2v) is 6.75. The third-order valence-corrected chi connectivity index (χ3v) is 5.32. The standard InChI is InChI=1S/C13H17NO5S.ClH/c1-9-3-4-11(19-2)12(7-9)20(17,18)14-6-5-10(8-14)13(15)16;/h3-4,7,10H,5-6,8H2,1-2H3,(H,15,16);1H. The highest BCUT2D eigenvalue weighted by Crippen LogP contribution is 2.31. The quantitative estimate of drug-likeness (QED) is 0.901. The van der Waals surface area contributed by atoms with Crippen molar-refractivity contribution in [2.75, 3.05) is 20.2 Å². The Labute approximate surface area is 130 Å². The molecule has 0 aromatic heterocycles. The van der Waals surface area contributed by atoms with E-state index in [9.17, 15) is 13.2 Å². The van der Waals surface area contributed by atoms with Gasteiger partial charge in [-0.2, -0.15) is 4.31 Å². The number of hydrogen-bond acceptors (Lipinski definition) is 4. The number of hydrogen-bond donors (Lipinski definition) is 1. The van der Waals surface area contributed by atoms with Crippen molar-refractivity contribution >= 4 is 28.4 Å². The van der Waals surface area contributed by atoms with E-state index in [2.05, 4.69) is 0 Å². The van der Waals surface area contributed by atoms with E-state index in [-0.39, 0.29) is 36.1 Å². The number of carbonyl (C=O) groups is 1. The lowest BCUT2D eigenvalue weighted by Crippen LogP contribution is -2.30. The summed E-state index contributed by atoms with van der Waals surface area (Å²) in [6.45, 7) is 2.02. The number of carboxylic acid groups (broad SMARTS) is 1. The van der Waals surface area contributed by atoms with Gasteiger partial charge in [-0.15, -0.1) is 12.4 Å². The highest BCUT2D eigenvalue weighted by atomic mass is 35.5. The van der Waals surface area contributed by atoms with E-state index in [1.54, 1.807) is 25.1 Å². The minimum absolute atomic E-state index is 0. The van der Waals surface area contributed by atoms with E-state index in [1.165, 1.54) is 11.4 Å². The number of carboxylic acids is 1. The van der Waals surface area contributed by atoms with Gasteiger partial charge in [-0.25, -0.2) is 8.42 Å². The summed E-state index contributed by atoms with van der Waals surface area (Å²) in [4.78, 5) is 11.0. The SMILES string of the molecule is COc1ccc(C)cc1S(=O)(=O)N1CCC(C(=O)O)C1.Cl. The number of aryl methyl sites for hydroxylation is 1. The summed E-state index contributed by atoms with van der Waals surface area (Å²) in [5.41, 5.74) is 0.804. The molecular weight excluding hydrogens is 318 g/mol. The second-order valence-electron chi connectivity index (χ2n) is 4.84. The number of aliphatic carboxylic acids is 1. The van der Waals surface area contributed by atoms with Crippen molar-refractivity contribution in [3.63, 3.8) is 0 Å². The van der Waals surface area contributed by atoms with Gasteiger partial charge in [0.05, 0.1) is 13.0 Å². The van der Waals surface area contributed by atoms with Crippen LogP contribution < -0.4 is 4.74 Å². The molecule has 21 heavy (non-hydrogen) atoms. The fourth-order valence-electron chi connectivity index (χ4n) is 2.27. The van der Waals surface area contributed by atoms with Crippen molar-refractivity contribution in [2.45, 2.75) is 18.2 Å². The molecule has 0 saturated carbocycles. The average Bonchev–Trinajstić information content (AvgIpc) is 2.89. The number of methoxy groups -OCH3 is 1. The first-order valence-electron chi connectivity index (χ1n) is 6.24. The van der Waals surface area contributed by atoms with Crippen LogP contribution in [0.5, 0.6) is 5.75 Å². The largest absolute Gasteiger partial charge is 0.495 e. The summed E-state index contributed by atoms with van der Waals surface area (Å²) in [6.07, 6.45) is 0.336. The van der Waals surface area contributed by atoms with E-state index in [1.807, 2.05) is 0 Å². The zero-order valence-electron chi connectivity index (χ0n) is 11.8. The molecule has 0 aliphatic carbocycles. The Hall–Kier alpha value is -1.31. The third kappa shape index (κ3) is 3.48. The van der Waals surface area contributed by atoms with Gasteiger partial charge < -0.3 is 9.84 Å². The van der Waals surface area contributed by atoms with Crippen LogP contribution in [0.25, 0.3) is 0 Å². The fourth-order valence-corrected chi connectivity index (χ4v) is 4.01. The van der Waals surface area contributed by atoms with E-state index in [0.29, 0.717) is 6.42 Å². The van der Waals surface area contributed by atoms with Gasteiger partial charge in [0, 0.05) is 13.1 Å². The monoisotopic (exact) mass is 335 g/mol. The first-order chi connectivity index (χ1) is 9.36. The Morgan fingerprint density at radius 2 is 2.10 bits per heavy atom. The molecule has 1 fully saturated rings. The molecule has 0 bridgehead atoms. The predicted octanol–water partition coefficient (Wildman–Crippen LogP) is 1.52. The maximum Gasteiger partial charge on any atom is 0.307 e. The van der Waals surface area contributed by atoms with Crippen LogP contribution in [-0.4, -0.2) is 44.0 Å². The maximum atomic E-state index is 12.6. The highest BCUT2D eigenvalue weighted by molar-refractivity contribution is 7.89. The number of benzene rings is 1. The van der Waals surface area contributed by atoms with Crippen molar-refractivity contribution in [3.05, 3.63) is 23.8 Å². The first kappa shape index (κ1) is 17.7. The number of ether oxygens (including phenoxy) is 1. The molecule has 1 aliphatic rings. The molecule has 1 aromatic rings. The molecule has 1 heterocycles. The van der Waals surface area contributed by atoms with Gasteiger partial charge in [-0.05, 0) is 31.0 Å². The summed E-state index contributed by atoms with van der Waals surface area (Å²) < 4.78 is 31.5. The van der Waals surface area contributed by atoms with Crippen LogP contribution >= 0.6 is 12.4 Å². The van der Waals surface area contributed by atoms with Crippen LogP contribution in [0.15, 0.2) is 23.1 Å². The van der Waals surface area contributed by atoms with E-state index < -0.39 is 21.9 Å². The summed E-state index contributed by atoms with van der Waals surface area (Å²) in [5, 5.41) is 8.97. The van der Waals surface area contributed by atoms with Crippen LogP contribution in [0.1, 0.15) is 12.0 Å². The van der Waals surface area contributed by atoms with E-state index >= 15 is 0 Å². The average molecular weight is 336 g/mol. The van der Waals surface area contributed by atoms with Gasteiger partial charge >= 0.3 is 5.97 Å². The van der Waals surface area contributed by atoms with Crippen LogP contribution in [0, 0.1) is 12.8 Å². The molecule has 8 heteroatoms. The van der Waals surface area contributed by atoms with Crippen LogP contribution in [0.3, 0.4) is 0 Å². The van der Waals surface area contributed by atoms with Crippen molar-refractivity contribution in [1.82, 2.24) is 4.31 Å². The Kier molecular flexibility index (Phi) is 5.61. The molecular formula is C13H18ClNO5S. The van der Waals surface area contributed by atoms with Crippen LogP contribution in [0.4, 0.5) is 0 Å². The third-order valence-electron chi connectivity index (χ3n) is 3.44. The molecule has 2 rings (SSSR count). The van der Waals surface area contributed by atoms with Crippen molar-refractivity contribution < 1.29 is 23.1 Å². The summed E-state index contributed by atoms with van der Waals surface area (Å²) >= 11 is 0. The topological polar surface area (TPSA) is 83.9 Å². The fraction of sp³-hybridized carbons (Fsp3) is 0.462. The number of nitrogens with zero attached hydrogens (tertiary/aromatic N) is 1. The minimum Gasteiger partial charge on any atom is -0.495 e. The molecule has 118 valence electrons. The summed E-state index contributed by atoms with van der Waals surface area (Å²) in [5.74, 6) is -1.33. The lowest BCUT2D eigenvalue weighted by atomic mass is 10.1. The Balaban J connectivity index is 0.00000220. The second kappa shape index (κ2) is 6.64. The Morgan fingerprint density at radius 1 is 1.43 bits per heavy atom. The number of halogens is 1. The highest BCUT2D eigenvalue weighted by Gasteiger charge is 2.37. The van der Waals surface area contributed by atoms with Crippen molar-refractivity contribution in [3.8, 4) is 5.75 Å². The van der Waals surface area contributed by atoms with Gasteiger partial charge in [0.15, 0.2) is 0 Å². The molecule has 0 spiro atoms. The zero-order chi connectivity index (χ0) is 14.9. The maximum absolute atomic E-state index is 12.6. The molecule has 1 unspecified atom stereocenters. The lowest BCUT2D eigenvalue weighted by Gasteiger charge is -2.18. The first-order valence-corrected chi connectivity index (χ1v) is 7.68. The van der Waals surface area contributed by atoms with Gasteiger partial charge in [-0.1, -0.05) is 6.07 Å². The molecule has 0 radical (unpaired) electrons. The smallest absolute Gasteiger partial charge is 0.307 e. The van der Waals surface area contributed by atoms with Crippen LogP contribution in [-0.2, 0) is 14.8 Å². The molecule has 1 aromatic carbocycles. The normalized spacial score (nSPS) is 19.0. The molecule has 1 aliphatic heterocycles. The molecule has 1 saturated heterocycles.